The summed E-state index contributed by atoms with van der Waals surface area (Å²) in [4.78, 5) is 20.1. The molecule has 174 valence electrons. The number of piperidine rings is 1. The molecule has 2 aliphatic rings. The molecule has 1 aromatic carbocycles. The van der Waals surface area contributed by atoms with Crippen LogP contribution in [0.3, 0.4) is 0 Å². The highest BCUT2D eigenvalue weighted by atomic mass is 35.5. The molecular weight excluding hydrogens is 454 g/mol. The Bertz CT molecular complexity index is 1170. The van der Waals surface area contributed by atoms with Crippen LogP contribution >= 0.6 is 22.9 Å². The van der Waals surface area contributed by atoms with E-state index in [1.54, 1.807) is 11.3 Å². The van der Waals surface area contributed by atoms with Crippen molar-refractivity contribution in [3.05, 3.63) is 46.6 Å². The number of nitrogens with zero attached hydrogens (tertiary/aromatic N) is 4. The van der Waals surface area contributed by atoms with Crippen molar-refractivity contribution in [3.63, 3.8) is 0 Å². The summed E-state index contributed by atoms with van der Waals surface area (Å²) in [6, 6.07) is 7.65. The van der Waals surface area contributed by atoms with Gasteiger partial charge in [-0.05, 0) is 76.1 Å². The fourth-order valence-corrected chi connectivity index (χ4v) is 5.96. The number of rotatable bonds is 6. The second-order valence-corrected chi connectivity index (χ2v) is 10.5. The number of allylic oxidation sites excluding steroid dienone is 1. The van der Waals surface area contributed by atoms with E-state index in [2.05, 4.69) is 21.4 Å². The zero-order valence-electron chi connectivity index (χ0n) is 19.0. The number of carbonyl (C=O) groups excluding carboxylic acids is 1. The van der Waals surface area contributed by atoms with E-state index in [1.165, 1.54) is 31.3 Å². The van der Waals surface area contributed by atoms with Gasteiger partial charge in [-0.25, -0.2) is 4.68 Å². The van der Waals surface area contributed by atoms with E-state index in [4.69, 9.17) is 16.6 Å². The highest BCUT2D eigenvalue weighted by Gasteiger charge is 2.28. The number of benzene rings is 1. The molecule has 6 nitrogen and oxygen atoms in total. The second kappa shape index (κ2) is 9.85. The van der Waals surface area contributed by atoms with Gasteiger partial charge in [-0.3, -0.25) is 4.79 Å². The van der Waals surface area contributed by atoms with Crippen molar-refractivity contribution in [2.45, 2.75) is 51.9 Å². The minimum absolute atomic E-state index is 0.0139. The van der Waals surface area contributed by atoms with Crippen LogP contribution in [0.15, 0.2) is 35.9 Å². The van der Waals surface area contributed by atoms with Crippen molar-refractivity contribution < 1.29 is 4.79 Å². The molecule has 0 saturated carbocycles. The van der Waals surface area contributed by atoms with Crippen LogP contribution in [-0.4, -0.2) is 40.3 Å². The number of aromatic nitrogens is 3. The molecule has 1 unspecified atom stereocenters. The molecule has 8 heteroatoms. The number of thiazole rings is 1. The van der Waals surface area contributed by atoms with Gasteiger partial charge in [-0.1, -0.05) is 34.6 Å². The summed E-state index contributed by atoms with van der Waals surface area (Å²) < 4.78 is 2.97. The second-order valence-electron chi connectivity index (χ2n) is 9.06. The molecule has 1 amide bonds. The average molecular weight is 484 g/mol. The van der Waals surface area contributed by atoms with E-state index in [0.717, 1.165) is 65.8 Å². The van der Waals surface area contributed by atoms with E-state index in [1.807, 2.05) is 35.9 Å². The molecule has 0 bridgehead atoms. The number of aryl methyl sites for hydroxylation is 1. The zero-order chi connectivity index (χ0) is 22.8. The van der Waals surface area contributed by atoms with Gasteiger partial charge in [0.25, 0.3) is 0 Å². The van der Waals surface area contributed by atoms with Crippen LogP contribution in [0.5, 0.6) is 0 Å². The van der Waals surface area contributed by atoms with Crippen molar-refractivity contribution >= 4 is 44.3 Å². The molecular formula is C25H30ClN5OS. The Balaban J connectivity index is 1.26. The summed E-state index contributed by atoms with van der Waals surface area (Å²) in [5.74, 6) is 0.195. The molecule has 3 aromatic rings. The fraction of sp³-hybridized carbons (Fsp3) is 0.480. The summed E-state index contributed by atoms with van der Waals surface area (Å²) in [6.45, 7) is 4.42. The van der Waals surface area contributed by atoms with Gasteiger partial charge in [0.1, 0.15) is 0 Å². The van der Waals surface area contributed by atoms with Crippen molar-refractivity contribution in [2.24, 2.45) is 5.92 Å². The molecule has 5 rings (SSSR count). The lowest BCUT2D eigenvalue weighted by atomic mass is 9.96. The van der Waals surface area contributed by atoms with Gasteiger partial charge in [-0.15, -0.1) is 0 Å². The third-order valence-corrected chi connectivity index (χ3v) is 8.11. The fourth-order valence-electron chi connectivity index (χ4n) is 4.81. The Morgan fingerprint density at radius 1 is 1.24 bits per heavy atom. The number of hydrogen-bond donors (Lipinski definition) is 1. The van der Waals surface area contributed by atoms with Crippen LogP contribution in [0.1, 0.15) is 50.6 Å². The van der Waals surface area contributed by atoms with Crippen LogP contribution in [0, 0.1) is 12.8 Å². The standard InChI is InChI=1S/C25H30ClN5OS/c1-17-22-23(31(29-17)21-11-9-20(26)10-12-21)28-25(33-22)30-15-5-8-19(16-30)24(32)27-14-13-18-6-3-2-4-7-18/h6,9-12,19H,2-5,7-8,13-16H2,1H3,(H,27,32). The Kier molecular flexibility index (Phi) is 6.69. The number of nitrogens with one attached hydrogen (secondary N) is 1. The highest BCUT2D eigenvalue weighted by Crippen LogP contribution is 2.34. The van der Waals surface area contributed by atoms with E-state index in [9.17, 15) is 4.79 Å². The first kappa shape index (κ1) is 22.4. The smallest absolute Gasteiger partial charge is 0.224 e. The lowest BCUT2D eigenvalue weighted by molar-refractivity contribution is -0.125. The molecule has 0 radical (unpaired) electrons. The number of amides is 1. The number of anilines is 1. The summed E-state index contributed by atoms with van der Waals surface area (Å²) in [7, 11) is 0. The maximum absolute atomic E-state index is 12.9. The third kappa shape index (κ3) is 4.94. The Labute approximate surface area is 203 Å². The maximum atomic E-state index is 12.9. The lowest BCUT2D eigenvalue weighted by Crippen LogP contribution is -2.43. The molecule has 3 heterocycles. The zero-order valence-corrected chi connectivity index (χ0v) is 20.6. The van der Waals surface area contributed by atoms with Crippen molar-refractivity contribution in [1.82, 2.24) is 20.1 Å². The molecule has 1 saturated heterocycles. The lowest BCUT2D eigenvalue weighted by Gasteiger charge is -2.31. The molecule has 1 N–H and O–H groups in total. The highest BCUT2D eigenvalue weighted by molar-refractivity contribution is 7.22. The molecule has 1 fully saturated rings. The summed E-state index contributed by atoms with van der Waals surface area (Å²) in [6.07, 6.45) is 10.3. The van der Waals surface area contributed by atoms with Crippen LogP contribution in [0.2, 0.25) is 5.02 Å². The molecule has 0 spiro atoms. The number of halogens is 1. The van der Waals surface area contributed by atoms with Crippen LogP contribution in [-0.2, 0) is 4.79 Å². The van der Waals surface area contributed by atoms with Gasteiger partial charge in [0.15, 0.2) is 10.8 Å². The van der Waals surface area contributed by atoms with E-state index in [0.29, 0.717) is 5.02 Å². The quantitative estimate of drug-likeness (QED) is 0.459. The minimum atomic E-state index is 0.0139. The summed E-state index contributed by atoms with van der Waals surface area (Å²) in [5, 5.41) is 9.55. The van der Waals surface area contributed by atoms with Crippen LogP contribution in [0.4, 0.5) is 5.13 Å². The summed E-state index contributed by atoms with van der Waals surface area (Å²) >= 11 is 7.72. The Morgan fingerprint density at radius 3 is 2.88 bits per heavy atom. The molecule has 1 aliphatic heterocycles. The number of fused-ring (bicyclic) bond motifs is 1. The maximum Gasteiger partial charge on any atom is 0.224 e. The largest absolute Gasteiger partial charge is 0.355 e. The predicted molar refractivity (Wildman–Crippen MR) is 136 cm³/mol. The molecule has 2 aromatic heterocycles. The van der Waals surface area contributed by atoms with Crippen molar-refractivity contribution in [1.29, 1.82) is 0 Å². The first-order valence-electron chi connectivity index (χ1n) is 11.9. The normalized spacial score (nSPS) is 19.0. The van der Waals surface area contributed by atoms with Crippen LogP contribution in [0.25, 0.3) is 16.0 Å². The minimum Gasteiger partial charge on any atom is -0.355 e. The van der Waals surface area contributed by atoms with Gasteiger partial charge in [0.2, 0.25) is 5.91 Å². The molecule has 1 aliphatic carbocycles. The molecule has 33 heavy (non-hydrogen) atoms. The van der Waals surface area contributed by atoms with Crippen molar-refractivity contribution in [3.8, 4) is 5.69 Å². The Hall–Kier alpha value is -2.38. The van der Waals surface area contributed by atoms with Gasteiger partial charge in [0, 0.05) is 24.7 Å². The van der Waals surface area contributed by atoms with Gasteiger partial charge in [0.05, 0.1) is 22.0 Å². The van der Waals surface area contributed by atoms with E-state index < -0.39 is 0 Å². The molecule has 1 atom stereocenters. The van der Waals surface area contributed by atoms with Gasteiger partial charge < -0.3 is 10.2 Å². The topological polar surface area (TPSA) is 63.1 Å². The van der Waals surface area contributed by atoms with E-state index >= 15 is 0 Å². The summed E-state index contributed by atoms with van der Waals surface area (Å²) in [5.41, 5.74) is 4.28. The third-order valence-electron chi connectivity index (χ3n) is 6.64. The first-order chi connectivity index (χ1) is 16.1. The predicted octanol–water partition coefficient (Wildman–Crippen LogP) is 5.67. The first-order valence-corrected chi connectivity index (χ1v) is 13.1. The number of hydrogen-bond acceptors (Lipinski definition) is 5. The van der Waals surface area contributed by atoms with Crippen LogP contribution < -0.4 is 10.2 Å². The Morgan fingerprint density at radius 2 is 2.09 bits per heavy atom. The van der Waals surface area contributed by atoms with Gasteiger partial charge >= 0.3 is 0 Å². The monoisotopic (exact) mass is 483 g/mol. The van der Waals surface area contributed by atoms with E-state index in [-0.39, 0.29) is 11.8 Å². The SMILES string of the molecule is Cc1nn(-c2ccc(Cl)cc2)c2nc(N3CCCC(C(=O)NCCC4=CCCCC4)C3)sc12. The van der Waals surface area contributed by atoms with Gasteiger partial charge in [-0.2, -0.15) is 10.1 Å². The number of carbonyl (C=O) groups is 1. The van der Waals surface area contributed by atoms with Crippen molar-refractivity contribution in [2.75, 3.05) is 24.5 Å². The average Bonchev–Trinajstić information content (AvgIpc) is 3.41.